The van der Waals surface area contributed by atoms with Gasteiger partial charge in [0.2, 0.25) is 0 Å². The lowest BCUT2D eigenvalue weighted by Gasteiger charge is -2.38. The van der Waals surface area contributed by atoms with E-state index in [-0.39, 0.29) is 23.7 Å². The minimum Gasteiger partial charge on any atom is -0.444 e. The minimum absolute atomic E-state index is 0.0270. The Balaban J connectivity index is 0.000000203. The van der Waals surface area contributed by atoms with Crippen LogP contribution in [-0.2, 0) is 17.8 Å². The molecule has 2 aliphatic heterocycles. The zero-order valence-corrected chi connectivity index (χ0v) is 37.9. The Morgan fingerprint density at radius 2 is 1.21 bits per heavy atom. The van der Waals surface area contributed by atoms with Crippen molar-refractivity contribution in [2.75, 3.05) is 52.4 Å². The molecule has 0 atom stereocenters. The van der Waals surface area contributed by atoms with Gasteiger partial charge in [-0.25, -0.2) is 23.5 Å². The van der Waals surface area contributed by atoms with Gasteiger partial charge in [0.05, 0.1) is 59.9 Å². The predicted molar refractivity (Wildman–Crippen MR) is 250 cm³/mol. The highest BCUT2D eigenvalue weighted by atomic mass is 19.1. The van der Waals surface area contributed by atoms with Gasteiger partial charge in [-0.1, -0.05) is 11.8 Å². The molecule has 0 saturated carbocycles. The molecule has 1 N–H and O–H groups in total. The first-order valence-electron chi connectivity index (χ1n) is 22.4. The third-order valence-corrected chi connectivity index (χ3v) is 11.4. The molecule has 348 valence electrons. The summed E-state index contributed by atoms with van der Waals surface area (Å²) in [5, 5.41) is 3.47. The molecule has 2 fully saturated rings. The van der Waals surface area contributed by atoms with Crippen molar-refractivity contribution in [3.8, 4) is 23.7 Å². The van der Waals surface area contributed by atoms with Crippen LogP contribution < -0.4 is 16.4 Å². The zero-order valence-electron chi connectivity index (χ0n) is 37.9. The van der Waals surface area contributed by atoms with Gasteiger partial charge in [0.15, 0.2) is 0 Å². The van der Waals surface area contributed by atoms with Gasteiger partial charge in [0.1, 0.15) is 28.6 Å². The molecule has 18 heteroatoms. The first-order chi connectivity index (χ1) is 32.4. The lowest BCUT2D eigenvalue weighted by molar-refractivity contribution is 0.0117. The van der Waals surface area contributed by atoms with Crippen LogP contribution in [0.1, 0.15) is 57.8 Å². The molecule has 0 bridgehead atoms. The lowest BCUT2D eigenvalue weighted by Crippen LogP contribution is -2.49. The van der Waals surface area contributed by atoms with Crippen LogP contribution in [0.15, 0.2) is 95.6 Å². The molecular formula is C49H54F2N12O4. The highest BCUT2D eigenvalue weighted by Crippen LogP contribution is 2.21. The number of fused-ring (bicyclic) bond motifs is 2. The molecule has 2 aliphatic rings. The van der Waals surface area contributed by atoms with Crippen molar-refractivity contribution in [1.82, 2.24) is 59.1 Å². The second kappa shape index (κ2) is 23.0. The molecule has 0 aliphatic carbocycles. The maximum atomic E-state index is 13.8. The van der Waals surface area contributed by atoms with Crippen LogP contribution in [0.25, 0.3) is 22.1 Å². The molecule has 6 aromatic heterocycles. The minimum atomic E-state index is -0.617. The number of halogens is 2. The SMILES string of the molecule is CC(C)(C)OC(=O)N(CC#Cc1cnccn1)C1CCN(CCn2c(=O)ccc3ncc(F)cc32)CC1.O=c1ccc2ncc(F)cc2n1CCN1CCC(NCC#Cc2cnccn2)CC1. The summed E-state index contributed by atoms with van der Waals surface area (Å²) < 4.78 is 36.2. The maximum Gasteiger partial charge on any atom is 0.411 e. The summed E-state index contributed by atoms with van der Waals surface area (Å²) >= 11 is 0. The predicted octanol–water partition coefficient (Wildman–Crippen LogP) is 4.51. The van der Waals surface area contributed by atoms with Crippen LogP contribution in [-0.4, -0.2) is 130 Å². The van der Waals surface area contributed by atoms with Crippen molar-refractivity contribution in [2.24, 2.45) is 0 Å². The molecule has 6 aromatic rings. The highest BCUT2D eigenvalue weighted by molar-refractivity contribution is 5.75. The Morgan fingerprint density at radius 3 is 1.70 bits per heavy atom. The standard InChI is InChI=1S/C27H31FN6O3.C22H23FN6O/c1-27(2,3)37-26(36)33(12-4-5-21-19-29-10-11-30-21)22-8-13-32(14-9-22)15-16-34-24-17-20(28)18-31-23(24)6-7-25(34)35;23-17-14-21-20(27-15-17)3-4-22(30)29(21)13-12-28-10-5-18(6-11-28)25-7-1-2-19-16-24-8-9-26-19/h6-7,10-11,17-19,22H,8-9,12-16H2,1-3H3;3-4,8-9,14-16,18,25H,5-7,10-13H2. The summed E-state index contributed by atoms with van der Waals surface area (Å²) in [4.78, 5) is 68.4. The molecule has 2 saturated heterocycles. The fraction of sp³-hybridized carbons (Fsp3) is 0.408. The van der Waals surface area contributed by atoms with Gasteiger partial charge < -0.3 is 29.0 Å². The van der Waals surface area contributed by atoms with E-state index in [9.17, 15) is 23.2 Å². The van der Waals surface area contributed by atoms with Crippen LogP contribution in [0.3, 0.4) is 0 Å². The third kappa shape index (κ3) is 14.0. The lowest BCUT2D eigenvalue weighted by atomic mass is 10.0. The summed E-state index contributed by atoms with van der Waals surface area (Å²) in [7, 11) is 0. The molecule has 0 unspecified atom stereocenters. The van der Waals surface area contributed by atoms with E-state index in [0.29, 0.717) is 65.7 Å². The summed E-state index contributed by atoms with van der Waals surface area (Å²) in [5.74, 6) is 11.2. The normalized spacial score (nSPS) is 14.9. The van der Waals surface area contributed by atoms with Crippen molar-refractivity contribution in [3.63, 3.8) is 0 Å². The molecule has 0 spiro atoms. The molecule has 16 nitrogen and oxygen atoms in total. The highest BCUT2D eigenvalue weighted by Gasteiger charge is 2.31. The van der Waals surface area contributed by atoms with Gasteiger partial charge in [0.25, 0.3) is 11.1 Å². The van der Waals surface area contributed by atoms with E-state index >= 15 is 0 Å². The van der Waals surface area contributed by atoms with Crippen molar-refractivity contribution >= 4 is 28.2 Å². The number of hydrogen-bond donors (Lipinski definition) is 1. The van der Waals surface area contributed by atoms with Crippen LogP contribution >= 0.6 is 0 Å². The van der Waals surface area contributed by atoms with Gasteiger partial charge in [-0.05, 0) is 83.5 Å². The van der Waals surface area contributed by atoms with E-state index in [1.807, 2.05) is 20.8 Å². The number of ether oxygens (including phenoxy) is 1. The third-order valence-electron chi connectivity index (χ3n) is 11.4. The van der Waals surface area contributed by atoms with Gasteiger partial charge in [-0.15, -0.1) is 0 Å². The molecule has 0 radical (unpaired) electrons. The number of carbonyl (C=O) groups is 1. The van der Waals surface area contributed by atoms with E-state index in [4.69, 9.17) is 4.74 Å². The Hall–Kier alpha value is -6.99. The maximum absolute atomic E-state index is 13.8. The summed E-state index contributed by atoms with van der Waals surface area (Å²) in [5.41, 5.74) is 2.51. The fourth-order valence-corrected chi connectivity index (χ4v) is 7.98. The summed E-state index contributed by atoms with van der Waals surface area (Å²) in [6, 6.07) is 9.32. The second-order valence-electron chi connectivity index (χ2n) is 17.2. The van der Waals surface area contributed by atoms with Crippen LogP contribution in [0.2, 0.25) is 0 Å². The van der Waals surface area contributed by atoms with Crippen molar-refractivity contribution in [3.05, 3.63) is 130 Å². The first-order valence-corrected chi connectivity index (χ1v) is 22.4. The number of piperidine rings is 2. The number of nitrogens with one attached hydrogen (secondary N) is 1. The average molecular weight is 913 g/mol. The smallest absolute Gasteiger partial charge is 0.411 e. The topological polar surface area (TPSA) is 169 Å². The number of likely N-dealkylation sites (tertiary alicyclic amines) is 2. The summed E-state index contributed by atoms with van der Waals surface area (Å²) in [6.07, 6.45) is 15.1. The van der Waals surface area contributed by atoms with Crippen LogP contribution in [0.5, 0.6) is 0 Å². The molecule has 1 amide bonds. The van der Waals surface area contributed by atoms with Crippen LogP contribution in [0.4, 0.5) is 13.6 Å². The Kier molecular flexibility index (Phi) is 16.4. The first kappa shape index (κ1) is 48.0. The largest absolute Gasteiger partial charge is 0.444 e. The van der Waals surface area contributed by atoms with Gasteiger partial charge in [-0.3, -0.25) is 34.4 Å². The number of carbonyl (C=O) groups excluding carboxylic acids is 1. The molecule has 67 heavy (non-hydrogen) atoms. The van der Waals surface area contributed by atoms with E-state index in [1.165, 1.54) is 30.5 Å². The van der Waals surface area contributed by atoms with Gasteiger partial charge in [0, 0.05) is 100 Å². The second-order valence-corrected chi connectivity index (χ2v) is 17.2. The van der Waals surface area contributed by atoms with E-state index < -0.39 is 23.3 Å². The fourth-order valence-electron chi connectivity index (χ4n) is 7.98. The number of rotatable bonds is 10. The monoisotopic (exact) mass is 912 g/mol. The Labute approximate surface area is 387 Å². The van der Waals surface area contributed by atoms with Crippen molar-refractivity contribution in [2.45, 2.75) is 77.2 Å². The number of pyridine rings is 4. The quantitative estimate of drug-likeness (QED) is 0.191. The Morgan fingerprint density at radius 1 is 0.701 bits per heavy atom. The van der Waals surface area contributed by atoms with E-state index in [2.05, 4.69) is 68.7 Å². The van der Waals surface area contributed by atoms with E-state index in [0.717, 1.165) is 64.6 Å². The van der Waals surface area contributed by atoms with Crippen molar-refractivity contribution in [1.29, 1.82) is 0 Å². The molecule has 8 heterocycles. The number of aromatic nitrogens is 8. The zero-order chi connectivity index (χ0) is 47.2. The summed E-state index contributed by atoms with van der Waals surface area (Å²) in [6.45, 7) is 12.0. The Bertz CT molecular complexity index is 2860. The van der Waals surface area contributed by atoms with Crippen LogP contribution in [0, 0.1) is 35.3 Å². The molecule has 8 rings (SSSR count). The van der Waals surface area contributed by atoms with Crippen molar-refractivity contribution < 1.29 is 18.3 Å². The average Bonchev–Trinajstić information content (AvgIpc) is 3.32. The number of amides is 1. The van der Waals surface area contributed by atoms with Gasteiger partial charge in [-0.2, -0.15) is 0 Å². The van der Waals surface area contributed by atoms with E-state index in [1.54, 1.807) is 63.3 Å². The molecule has 0 aromatic carbocycles. The molecular weight excluding hydrogens is 859 g/mol. The number of hydrogen-bond acceptors (Lipinski definition) is 13. The van der Waals surface area contributed by atoms with Gasteiger partial charge >= 0.3 is 6.09 Å². The number of nitrogens with zero attached hydrogens (tertiary/aromatic N) is 11.